The van der Waals surface area contributed by atoms with Crippen LogP contribution < -0.4 is 0 Å². The molecule has 102 valence electrons. The summed E-state index contributed by atoms with van der Waals surface area (Å²) in [4.78, 5) is 16.7. The maximum Gasteiger partial charge on any atom is 0.410 e. The van der Waals surface area contributed by atoms with Crippen LogP contribution in [-0.4, -0.2) is 53.7 Å². The van der Waals surface area contributed by atoms with Crippen molar-refractivity contribution in [3.8, 4) is 0 Å². The van der Waals surface area contributed by atoms with Crippen molar-refractivity contribution >= 4 is 6.09 Å². The molecule has 3 aliphatic heterocycles. The van der Waals surface area contributed by atoms with Crippen molar-refractivity contribution in [2.45, 2.75) is 57.7 Å². The first-order chi connectivity index (χ1) is 8.68. The molecule has 0 N–H and O–H groups in total. The fraction of sp³-hybridized carbons (Fsp3) is 0.929. The number of carbonyl (C=O) groups is 1. The maximum absolute atomic E-state index is 12.1. The summed E-state index contributed by atoms with van der Waals surface area (Å²) in [5, 5.41) is 0. The Morgan fingerprint density at radius 3 is 2.50 bits per heavy atom. The number of fused-ring (bicyclic) bond motifs is 1. The maximum atomic E-state index is 12.1. The first-order valence-electron chi connectivity index (χ1n) is 7.37. The largest absolute Gasteiger partial charge is 0.447 e. The summed E-state index contributed by atoms with van der Waals surface area (Å²) in [7, 11) is 0. The van der Waals surface area contributed by atoms with Crippen molar-refractivity contribution in [1.82, 2.24) is 9.80 Å². The second-order valence-corrected chi connectivity index (χ2v) is 6.25. The Balaban J connectivity index is 1.81. The molecule has 0 saturated carbocycles. The van der Waals surface area contributed by atoms with Crippen LogP contribution in [0, 0.1) is 5.92 Å². The van der Waals surface area contributed by atoms with E-state index in [0.717, 1.165) is 6.42 Å². The summed E-state index contributed by atoms with van der Waals surface area (Å²) in [5.74, 6) is 0.480. The molecule has 3 atom stereocenters. The number of rotatable bonds is 2. The lowest BCUT2D eigenvalue weighted by Crippen LogP contribution is -2.56. The Hall–Kier alpha value is -0.770. The van der Waals surface area contributed by atoms with Gasteiger partial charge in [-0.05, 0) is 44.7 Å². The molecule has 0 aliphatic carbocycles. The number of hydrogen-bond donors (Lipinski definition) is 0. The van der Waals surface area contributed by atoms with Crippen LogP contribution in [0.4, 0.5) is 4.79 Å². The van der Waals surface area contributed by atoms with Crippen LogP contribution >= 0.6 is 0 Å². The SMILES string of the molecule is CC(C)[C@H]1COC(=O)N1[C@H]1CCCN2CCC[C@H]12. The Morgan fingerprint density at radius 1 is 1.17 bits per heavy atom. The molecule has 0 bridgehead atoms. The number of hydrogen-bond acceptors (Lipinski definition) is 3. The van der Waals surface area contributed by atoms with Gasteiger partial charge in [0.25, 0.3) is 0 Å². The zero-order chi connectivity index (χ0) is 12.7. The predicted octanol–water partition coefficient (Wildman–Crippen LogP) is 2.09. The summed E-state index contributed by atoms with van der Waals surface area (Å²) in [6, 6.07) is 1.26. The highest BCUT2D eigenvalue weighted by molar-refractivity contribution is 5.70. The molecule has 0 spiro atoms. The van der Waals surface area contributed by atoms with Crippen LogP contribution in [0.25, 0.3) is 0 Å². The summed E-state index contributed by atoms with van der Waals surface area (Å²) in [6.07, 6.45) is 4.83. The van der Waals surface area contributed by atoms with E-state index in [4.69, 9.17) is 4.74 Å². The van der Waals surface area contributed by atoms with Gasteiger partial charge in [0.05, 0.1) is 12.1 Å². The summed E-state index contributed by atoms with van der Waals surface area (Å²) in [6.45, 7) is 7.40. The normalized spacial score (nSPS) is 37.2. The van der Waals surface area contributed by atoms with E-state index in [-0.39, 0.29) is 12.1 Å². The minimum Gasteiger partial charge on any atom is -0.447 e. The topological polar surface area (TPSA) is 32.8 Å². The van der Waals surface area contributed by atoms with Crippen molar-refractivity contribution in [3.05, 3.63) is 0 Å². The van der Waals surface area contributed by atoms with Crippen molar-refractivity contribution in [1.29, 1.82) is 0 Å². The average molecular weight is 252 g/mol. The molecule has 0 aromatic carbocycles. The Labute approximate surface area is 109 Å². The molecular formula is C14H24N2O2. The van der Waals surface area contributed by atoms with Crippen molar-refractivity contribution in [3.63, 3.8) is 0 Å². The number of amides is 1. The number of ether oxygens (including phenoxy) is 1. The predicted molar refractivity (Wildman–Crippen MR) is 69.4 cm³/mol. The zero-order valence-electron chi connectivity index (χ0n) is 11.5. The molecule has 4 nitrogen and oxygen atoms in total. The van der Waals surface area contributed by atoms with Gasteiger partial charge in [-0.1, -0.05) is 13.8 Å². The van der Waals surface area contributed by atoms with Crippen molar-refractivity contribution in [2.24, 2.45) is 5.92 Å². The monoisotopic (exact) mass is 252 g/mol. The van der Waals surface area contributed by atoms with E-state index in [9.17, 15) is 4.79 Å². The minimum atomic E-state index is -0.0764. The minimum absolute atomic E-state index is 0.0764. The molecule has 3 rings (SSSR count). The second-order valence-electron chi connectivity index (χ2n) is 6.25. The first-order valence-corrected chi connectivity index (χ1v) is 7.37. The third-order valence-electron chi connectivity index (χ3n) is 4.88. The van der Waals surface area contributed by atoms with Gasteiger partial charge in [0.2, 0.25) is 0 Å². The Morgan fingerprint density at radius 2 is 1.83 bits per heavy atom. The van der Waals surface area contributed by atoms with E-state index < -0.39 is 0 Å². The lowest BCUT2D eigenvalue weighted by atomic mass is 9.92. The van der Waals surface area contributed by atoms with Crippen LogP contribution in [0.1, 0.15) is 39.5 Å². The van der Waals surface area contributed by atoms with Crippen LogP contribution in [0.2, 0.25) is 0 Å². The first kappa shape index (κ1) is 12.3. The summed E-state index contributed by atoms with van der Waals surface area (Å²) >= 11 is 0. The number of nitrogens with zero attached hydrogens (tertiary/aromatic N) is 2. The van der Waals surface area contributed by atoms with E-state index in [1.807, 2.05) is 0 Å². The molecule has 4 heteroatoms. The van der Waals surface area contributed by atoms with Gasteiger partial charge in [0.1, 0.15) is 6.61 Å². The number of cyclic esters (lactones) is 1. The van der Waals surface area contributed by atoms with Crippen LogP contribution in [0.5, 0.6) is 0 Å². The highest BCUT2D eigenvalue weighted by atomic mass is 16.6. The van der Waals surface area contributed by atoms with E-state index in [1.165, 1.54) is 32.4 Å². The quantitative estimate of drug-likeness (QED) is 0.754. The van der Waals surface area contributed by atoms with Gasteiger partial charge in [0.15, 0.2) is 0 Å². The molecule has 0 aromatic rings. The van der Waals surface area contributed by atoms with E-state index in [1.54, 1.807) is 0 Å². The summed E-state index contributed by atoms with van der Waals surface area (Å²) < 4.78 is 5.31. The van der Waals surface area contributed by atoms with Crippen molar-refractivity contribution < 1.29 is 9.53 Å². The molecule has 1 amide bonds. The standard InChI is InChI=1S/C14H24N2O2/c1-10(2)13-9-18-14(17)16(13)12-6-4-8-15-7-3-5-11(12)15/h10-13H,3-9H2,1-2H3/t11-,12+,13-/m1/s1. The molecule has 3 aliphatic rings. The highest BCUT2D eigenvalue weighted by Gasteiger charge is 2.46. The van der Waals surface area contributed by atoms with Gasteiger partial charge in [-0.25, -0.2) is 4.79 Å². The fourth-order valence-electron chi connectivity index (χ4n) is 3.93. The van der Waals surface area contributed by atoms with Crippen molar-refractivity contribution in [2.75, 3.05) is 19.7 Å². The van der Waals surface area contributed by atoms with Crippen LogP contribution in [0.3, 0.4) is 0 Å². The Kier molecular flexibility index (Phi) is 3.22. The van der Waals surface area contributed by atoms with E-state index in [2.05, 4.69) is 23.6 Å². The fourth-order valence-corrected chi connectivity index (χ4v) is 3.93. The average Bonchev–Trinajstić information content (AvgIpc) is 2.94. The third-order valence-corrected chi connectivity index (χ3v) is 4.88. The number of piperidine rings is 1. The molecular weight excluding hydrogens is 228 g/mol. The molecule has 3 fully saturated rings. The van der Waals surface area contributed by atoms with Gasteiger partial charge in [-0.2, -0.15) is 0 Å². The lowest BCUT2D eigenvalue weighted by molar-refractivity contribution is 0.0624. The zero-order valence-corrected chi connectivity index (χ0v) is 11.5. The van der Waals surface area contributed by atoms with E-state index in [0.29, 0.717) is 24.6 Å². The summed E-state index contributed by atoms with van der Waals surface area (Å²) in [5.41, 5.74) is 0. The van der Waals surface area contributed by atoms with Gasteiger partial charge in [0, 0.05) is 6.04 Å². The van der Waals surface area contributed by atoms with E-state index >= 15 is 0 Å². The second kappa shape index (κ2) is 4.72. The third kappa shape index (κ3) is 1.91. The molecule has 0 aromatic heterocycles. The lowest BCUT2D eigenvalue weighted by Gasteiger charge is -2.43. The van der Waals surface area contributed by atoms with Crippen LogP contribution in [-0.2, 0) is 4.74 Å². The molecule has 0 radical (unpaired) electrons. The van der Waals surface area contributed by atoms with Gasteiger partial charge >= 0.3 is 6.09 Å². The molecule has 3 saturated heterocycles. The Bertz CT molecular complexity index is 332. The molecule has 18 heavy (non-hydrogen) atoms. The number of carbonyl (C=O) groups excluding carboxylic acids is 1. The smallest absolute Gasteiger partial charge is 0.410 e. The highest BCUT2D eigenvalue weighted by Crippen LogP contribution is 2.34. The van der Waals surface area contributed by atoms with Gasteiger partial charge < -0.3 is 4.74 Å². The molecule has 0 unspecified atom stereocenters. The molecule has 3 heterocycles. The van der Waals surface area contributed by atoms with Gasteiger partial charge in [-0.15, -0.1) is 0 Å². The van der Waals surface area contributed by atoms with Gasteiger partial charge in [-0.3, -0.25) is 9.80 Å². The van der Waals surface area contributed by atoms with Crippen LogP contribution in [0.15, 0.2) is 0 Å².